The molecule has 6 rings (SSSR count). The van der Waals surface area contributed by atoms with Gasteiger partial charge in [-0.25, -0.2) is 0 Å². The summed E-state index contributed by atoms with van der Waals surface area (Å²) < 4.78 is 8.66. The first-order valence-corrected chi connectivity index (χ1v) is 15.3. The molecule has 0 spiro atoms. The van der Waals surface area contributed by atoms with Gasteiger partial charge in [0.25, 0.3) is 0 Å². The molecule has 0 nitrogen and oxygen atoms in total. The third-order valence-corrected chi connectivity index (χ3v) is 12.0. The maximum Gasteiger partial charge on any atom is 0.0536 e. The van der Waals surface area contributed by atoms with E-state index in [1.165, 1.54) is 93.7 Å². The standard InChI is InChI=1S/C26H24S5/c1-2-3-4-5-6-7-8-16-9-10-19(28-16)23-15-24-26(31-23)18-13-17-21(14-22(18)30-24)29-20-11-12-27-25(17)20/h9-15H,2-8H2,1H3. The summed E-state index contributed by atoms with van der Waals surface area (Å²) >= 11 is 9.75. The van der Waals surface area contributed by atoms with Crippen LogP contribution >= 0.6 is 56.7 Å². The van der Waals surface area contributed by atoms with Gasteiger partial charge in [-0.2, -0.15) is 0 Å². The minimum Gasteiger partial charge on any atom is -0.142 e. The molecule has 0 saturated heterocycles. The average molecular weight is 497 g/mol. The highest BCUT2D eigenvalue weighted by Gasteiger charge is 2.15. The first kappa shape index (κ1) is 20.4. The SMILES string of the molecule is CCCCCCCCc1ccc(-c2cc3sc4cc5sc6ccsc6c5cc4c3s2)s1. The Kier molecular flexibility index (Phi) is 5.65. The van der Waals surface area contributed by atoms with Crippen LogP contribution < -0.4 is 0 Å². The summed E-state index contributed by atoms with van der Waals surface area (Å²) in [5, 5.41) is 5.10. The van der Waals surface area contributed by atoms with Gasteiger partial charge in [0, 0.05) is 44.2 Å². The van der Waals surface area contributed by atoms with Gasteiger partial charge in [0.05, 0.1) is 9.40 Å². The molecule has 0 aliphatic heterocycles. The van der Waals surface area contributed by atoms with Crippen molar-refractivity contribution >= 4 is 95.7 Å². The molecule has 0 atom stereocenters. The van der Waals surface area contributed by atoms with Crippen LogP contribution in [-0.4, -0.2) is 0 Å². The van der Waals surface area contributed by atoms with Crippen LogP contribution in [0.25, 0.3) is 48.7 Å². The van der Waals surface area contributed by atoms with Gasteiger partial charge in [-0.05, 0) is 54.6 Å². The largest absolute Gasteiger partial charge is 0.142 e. The lowest BCUT2D eigenvalue weighted by molar-refractivity contribution is 0.609. The number of rotatable bonds is 8. The van der Waals surface area contributed by atoms with Crippen molar-refractivity contribution in [3.63, 3.8) is 0 Å². The van der Waals surface area contributed by atoms with Gasteiger partial charge in [-0.1, -0.05) is 39.0 Å². The highest BCUT2D eigenvalue weighted by Crippen LogP contribution is 2.47. The lowest BCUT2D eigenvalue weighted by atomic mass is 10.1. The van der Waals surface area contributed by atoms with E-state index in [9.17, 15) is 0 Å². The van der Waals surface area contributed by atoms with E-state index in [4.69, 9.17) is 0 Å². The predicted octanol–water partition coefficient (Wildman–Crippen LogP) is 11.2. The fraction of sp³-hybridized carbons (Fsp3) is 0.308. The number of benzene rings is 1. The molecule has 5 aromatic heterocycles. The van der Waals surface area contributed by atoms with E-state index in [0.29, 0.717) is 0 Å². The maximum atomic E-state index is 2.46. The minimum atomic E-state index is 1.24. The van der Waals surface area contributed by atoms with Crippen LogP contribution in [0.4, 0.5) is 0 Å². The van der Waals surface area contributed by atoms with Crippen molar-refractivity contribution in [3.05, 3.63) is 46.7 Å². The Morgan fingerprint density at radius 2 is 1.42 bits per heavy atom. The van der Waals surface area contributed by atoms with Crippen molar-refractivity contribution in [3.8, 4) is 9.75 Å². The highest BCUT2D eigenvalue weighted by atomic mass is 32.1. The molecule has 0 bridgehead atoms. The van der Waals surface area contributed by atoms with E-state index >= 15 is 0 Å². The van der Waals surface area contributed by atoms with E-state index in [0.717, 1.165) is 0 Å². The van der Waals surface area contributed by atoms with Gasteiger partial charge in [0.15, 0.2) is 0 Å². The van der Waals surface area contributed by atoms with Crippen LogP contribution in [0.3, 0.4) is 0 Å². The molecular formula is C26H24S5. The molecule has 0 aliphatic carbocycles. The minimum absolute atomic E-state index is 1.24. The lowest BCUT2D eigenvalue weighted by Gasteiger charge is -1.99. The zero-order valence-corrected chi connectivity index (χ0v) is 21.6. The summed E-state index contributed by atoms with van der Waals surface area (Å²) in [6, 6.07) is 14.3. The lowest BCUT2D eigenvalue weighted by Crippen LogP contribution is -1.82. The first-order chi connectivity index (χ1) is 15.3. The second kappa shape index (κ2) is 8.60. The average Bonchev–Trinajstić information content (AvgIpc) is 3.55. The van der Waals surface area contributed by atoms with Crippen molar-refractivity contribution < 1.29 is 0 Å². The highest BCUT2D eigenvalue weighted by molar-refractivity contribution is 7.35. The Balaban J connectivity index is 1.27. The van der Waals surface area contributed by atoms with E-state index in [-0.39, 0.29) is 0 Å². The van der Waals surface area contributed by atoms with Crippen LogP contribution in [0.5, 0.6) is 0 Å². The van der Waals surface area contributed by atoms with Crippen LogP contribution in [0.15, 0.2) is 41.8 Å². The van der Waals surface area contributed by atoms with Crippen LogP contribution in [0.2, 0.25) is 0 Å². The third kappa shape index (κ3) is 3.79. The molecule has 158 valence electrons. The van der Waals surface area contributed by atoms with Crippen molar-refractivity contribution in [1.82, 2.24) is 0 Å². The number of aryl methyl sites for hydroxylation is 1. The number of hydrogen-bond donors (Lipinski definition) is 0. The summed E-state index contributed by atoms with van der Waals surface area (Å²) in [6.07, 6.45) is 9.48. The van der Waals surface area contributed by atoms with Gasteiger partial charge in [0.1, 0.15) is 0 Å². The topological polar surface area (TPSA) is 0 Å². The fourth-order valence-electron chi connectivity index (χ4n) is 4.38. The van der Waals surface area contributed by atoms with E-state index < -0.39 is 0 Å². The molecule has 0 radical (unpaired) electrons. The molecule has 0 N–H and O–H groups in total. The molecule has 0 amide bonds. The monoisotopic (exact) mass is 496 g/mol. The molecule has 0 fully saturated rings. The van der Waals surface area contributed by atoms with Gasteiger partial charge in [0.2, 0.25) is 0 Å². The number of thiophene rings is 5. The smallest absolute Gasteiger partial charge is 0.0536 e. The fourth-order valence-corrected chi connectivity index (χ4v) is 10.4. The Morgan fingerprint density at radius 3 is 2.32 bits per heavy atom. The Morgan fingerprint density at radius 1 is 0.613 bits per heavy atom. The predicted molar refractivity (Wildman–Crippen MR) is 148 cm³/mol. The molecule has 0 aliphatic rings. The van der Waals surface area contributed by atoms with Crippen molar-refractivity contribution in [2.24, 2.45) is 0 Å². The number of unbranched alkanes of at least 4 members (excludes halogenated alkanes) is 5. The van der Waals surface area contributed by atoms with Crippen LogP contribution in [0, 0.1) is 0 Å². The van der Waals surface area contributed by atoms with Gasteiger partial charge >= 0.3 is 0 Å². The summed E-state index contributed by atoms with van der Waals surface area (Å²) in [6.45, 7) is 2.29. The maximum absolute atomic E-state index is 2.46. The zero-order chi connectivity index (χ0) is 20.8. The molecule has 5 heteroatoms. The molecule has 0 saturated carbocycles. The molecule has 5 heterocycles. The molecule has 31 heavy (non-hydrogen) atoms. The van der Waals surface area contributed by atoms with Crippen molar-refractivity contribution in [2.45, 2.75) is 51.9 Å². The van der Waals surface area contributed by atoms with Gasteiger partial charge in [-0.3, -0.25) is 0 Å². The van der Waals surface area contributed by atoms with E-state index in [1.807, 2.05) is 56.7 Å². The van der Waals surface area contributed by atoms with E-state index in [1.54, 1.807) is 4.88 Å². The second-order valence-corrected chi connectivity index (χ2v) is 13.6. The normalized spacial score (nSPS) is 12.3. The van der Waals surface area contributed by atoms with Crippen molar-refractivity contribution in [2.75, 3.05) is 0 Å². The first-order valence-electron chi connectivity index (χ1n) is 11.1. The number of fused-ring (bicyclic) bond motifs is 6. The van der Waals surface area contributed by atoms with Gasteiger partial charge < -0.3 is 0 Å². The molecule has 6 aromatic rings. The summed E-state index contributed by atoms with van der Waals surface area (Å²) in [4.78, 5) is 4.43. The number of hydrogen-bond acceptors (Lipinski definition) is 5. The third-order valence-electron chi connectivity index (χ3n) is 6.02. The van der Waals surface area contributed by atoms with Gasteiger partial charge in [-0.15, -0.1) is 56.7 Å². The van der Waals surface area contributed by atoms with E-state index in [2.05, 4.69) is 48.7 Å². The molecular weight excluding hydrogens is 473 g/mol. The Hall–Kier alpha value is -1.24. The Labute approximate surface area is 202 Å². The molecule has 1 aromatic carbocycles. The summed E-state index contributed by atoms with van der Waals surface area (Å²) in [5.74, 6) is 0. The zero-order valence-electron chi connectivity index (χ0n) is 17.5. The van der Waals surface area contributed by atoms with Crippen LogP contribution in [-0.2, 0) is 6.42 Å². The summed E-state index contributed by atoms with van der Waals surface area (Å²) in [7, 11) is 0. The van der Waals surface area contributed by atoms with Crippen LogP contribution in [0.1, 0.15) is 50.3 Å². The van der Waals surface area contributed by atoms with Crippen molar-refractivity contribution in [1.29, 1.82) is 0 Å². The second-order valence-electron chi connectivity index (χ2n) is 8.25. The summed E-state index contributed by atoms with van der Waals surface area (Å²) in [5.41, 5.74) is 0. The molecule has 0 unspecified atom stereocenters. The quantitative estimate of drug-likeness (QED) is 0.184. The Bertz CT molecular complexity index is 1480.